The third-order valence-electron chi connectivity index (χ3n) is 4.30. The topological polar surface area (TPSA) is 92.5 Å². The van der Waals surface area contributed by atoms with E-state index in [4.69, 9.17) is 5.73 Å². The van der Waals surface area contributed by atoms with E-state index in [1.165, 1.54) is 6.92 Å². The van der Waals surface area contributed by atoms with Gasteiger partial charge in [-0.25, -0.2) is 0 Å². The van der Waals surface area contributed by atoms with Crippen LogP contribution < -0.4 is 11.1 Å². The molecule has 2 aromatic rings. The predicted molar refractivity (Wildman–Crippen MR) is 98.9 cm³/mol. The van der Waals surface area contributed by atoms with Crippen molar-refractivity contribution in [2.75, 3.05) is 5.32 Å². The van der Waals surface area contributed by atoms with E-state index >= 15 is 0 Å². The molecule has 0 spiro atoms. The van der Waals surface area contributed by atoms with Gasteiger partial charge in [-0.15, -0.1) is 0 Å². The number of fused-ring (bicyclic) bond motifs is 1. The molecule has 0 unspecified atom stereocenters. The second-order valence-electron chi connectivity index (χ2n) is 6.08. The lowest BCUT2D eigenvalue weighted by Crippen LogP contribution is -2.33. The average molecular weight is 349 g/mol. The molecule has 0 bridgehead atoms. The Labute approximate surface area is 151 Å². The van der Waals surface area contributed by atoms with Crippen molar-refractivity contribution in [1.82, 2.24) is 4.90 Å². The number of rotatable bonds is 4. The van der Waals surface area contributed by atoms with E-state index in [-0.39, 0.29) is 24.3 Å². The summed E-state index contributed by atoms with van der Waals surface area (Å²) in [5.41, 5.74) is 8.07. The fraction of sp³-hybridized carbons (Fsp3) is 0.150. The fourth-order valence-electron chi connectivity index (χ4n) is 3.02. The third kappa shape index (κ3) is 3.64. The van der Waals surface area contributed by atoms with Crippen molar-refractivity contribution < 1.29 is 14.4 Å². The van der Waals surface area contributed by atoms with Gasteiger partial charge in [-0.05, 0) is 41.5 Å². The normalized spacial score (nSPS) is 15.3. The van der Waals surface area contributed by atoms with Gasteiger partial charge in [0.2, 0.25) is 17.7 Å². The highest BCUT2D eigenvalue weighted by Gasteiger charge is 2.28. The molecule has 1 heterocycles. The summed E-state index contributed by atoms with van der Waals surface area (Å²) in [4.78, 5) is 37.1. The number of primary amides is 1. The molecule has 132 valence electrons. The van der Waals surface area contributed by atoms with Gasteiger partial charge in [-0.2, -0.15) is 0 Å². The Morgan fingerprint density at radius 3 is 2.42 bits per heavy atom. The van der Waals surface area contributed by atoms with Crippen LogP contribution in [-0.4, -0.2) is 22.6 Å². The SMILES string of the molecule is CC(=O)N1C=Cc2ccccc2[C@H]1CC(=O)Nc1ccc(C(N)=O)cc1. The van der Waals surface area contributed by atoms with Gasteiger partial charge in [0.1, 0.15) is 0 Å². The highest BCUT2D eigenvalue weighted by Crippen LogP contribution is 2.33. The number of nitrogens with zero attached hydrogens (tertiary/aromatic N) is 1. The molecule has 1 aliphatic rings. The number of carbonyl (C=O) groups is 3. The van der Waals surface area contributed by atoms with E-state index in [0.29, 0.717) is 11.3 Å². The van der Waals surface area contributed by atoms with Gasteiger partial charge in [-0.3, -0.25) is 14.4 Å². The molecule has 0 radical (unpaired) electrons. The number of nitrogens with one attached hydrogen (secondary N) is 1. The van der Waals surface area contributed by atoms with Crippen molar-refractivity contribution in [2.45, 2.75) is 19.4 Å². The van der Waals surface area contributed by atoms with Crippen LogP contribution in [0.1, 0.15) is 40.9 Å². The number of benzene rings is 2. The Morgan fingerprint density at radius 1 is 1.08 bits per heavy atom. The highest BCUT2D eigenvalue weighted by atomic mass is 16.2. The van der Waals surface area contributed by atoms with Crippen molar-refractivity contribution in [3.63, 3.8) is 0 Å². The minimum absolute atomic E-state index is 0.124. The van der Waals surface area contributed by atoms with E-state index in [0.717, 1.165) is 11.1 Å². The van der Waals surface area contributed by atoms with Gasteiger partial charge in [0, 0.05) is 24.4 Å². The zero-order chi connectivity index (χ0) is 18.7. The molecule has 2 aromatic carbocycles. The Hall–Kier alpha value is -3.41. The molecule has 0 aliphatic carbocycles. The smallest absolute Gasteiger partial charge is 0.248 e. The van der Waals surface area contributed by atoms with Crippen LogP contribution in [0.4, 0.5) is 5.69 Å². The van der Waals surface area contributed by atoms with Crippen LogP contribution in [0.15, 0.2) is 54.7 Å². The van der Waals surface area contributed by atoms with Gasteiger partial charge in [0.05, 0.1) is 12.5 Å². The molecule has 1 atom stereocenters. The predicted octanol–water partition coefficient (Wildman–Crippen LogP) is 2.69. The molecule has 3 amide bonds. The lowest BCUT2D eigenvalue weighted by molar-refractivity contribution is -0.129. The van der Waals surface area contributed by atoms with Crippen LogP contribution in [0.3, 0.4) is 0 Å². The number of hydrogen-bond donors (Lipinski definition) is 2. The molecule has 3 rings (SSSR count). The molecule has 6 nitrogen and oxygen atoms in total. The zero-order valence-electron chi connectivity index (χ0n) is 14.3. The minimum Gasteiger partial charge on any atom is -0.366 e. The molecule has 6 heteroatoms. The van der Waals surface area contributed by atoms with E-state index in [1.54, 1.807) is 35.4 Å². The molecular formula is C20H19N3O3. The van der Waals surface area contributed by atoms with E-state index in [9.17, 15) is 14.4 Å². The van der Waals surface area contributed by atoms with Crippen molar-refractivity contribution in [1.29, 1.82) is 0 Å². The van der Waals surface area contributed by atoms with Crippen LogP contribution >= 0.6 is 0 Å². The molecule has 3 N–H and O–H groups in total. The van der Waals surface area contributed by atoms with Gasteiger partial charge in [0.15, 0.2) is 0 Å². The average Bonchev–Trinajstić information content (AvgIpc) is 2.62. The lowest BCUT2D eigenvalue weighted by atomic mass is 9.93. The first-order valence-corrected chi connectivity index (χ1v) is 8.21. The van der Waals surface area contributed by atoms with Gasteiger partial charge in [0.25, 0.3) is 0 Å². The Balaban J connectivity index is 1.77. The summed E-state index contributed by atoms with van der Waals surface area (Å²) in [6.45, 7) is 1.48. The van der Waals surface area contributed by atoms with Crippen LogP contribution in [0.25, 0.3) is 6.08 Å². The summed E-state index contributed by atoms with van der Waals surface area (Å²) >= 11 is 0. The fourth-order valence-corrected chi connectivity index (χ4v) is 3.02. The number of hydrogen-bond acceptors (Lipinski definition) is 3. The second-order valence-corrected chi connectivity index (χ2v) is 6.08. The van der Waals surface area contributed by atoms with Crippen molar-refractivity contribution >= 4 is 29.5 Å². The summed E-state index contributed by atoms with van der Waals surface area (Å²) in [5.74, 6) is -0.872. The second kappa shape index (κ2) is 7.23. The minimum atomic E-state index is -0.523. The summed E-state index contributed by atoms with van der Waals surface area (Å²) < 4.78 is 0. The van der Waals surface area contributed by atoms with Crippen LogP contribution in [0.5, 0.6) is 0 Å². The summed E-state index contributed by atoms with van der Waals surface area (Å²) in [7, 11) is 0. The Morgan fingerprint density at radius 2 is 1.77 bits per heavy atom. The highest BCUT2D eigenvalue weighted by molar-refractivity contribution is 5.95. The van der Waals surface area contributed by atoms with Crippen molar-refractivity contribution in [2.24, 2.45) is 5.73 Å². The number of amides is 3. The van der Waals surface area contributed by atoms with E-state index in [2.05, 4.69) is 5.32 Å². The van der Waals surface area contributed by atoms with Gasteiger partial charge in [-0.1, -0.05) is 24.3 Å². The lowest BCUT2D eigenvalue weighted by Gasteiger charge is -2.32. The quantitative estimate of drug-likeness (QED) is 0.889. The number of anilines is 1. The van der Waals surface area contributed by atoms with Crippen molar-refractivity contribution in [3.05, 3.63) is 71.4 Å². The third-order valence-corrected chi connectivity index (χ3v) is 4.30. The molecule has 26 heavy (non-hydrogen) atoms. The first-order valence-electron chi connectivity index (χ1n) is 8.21. The molecule has 0 saturated heterocycles. The monoisotopic (exact) mass is 349 g/mol. The molecule has 0 aromatic heterocycles. The van der Waals surface area contributed by atoms with Gasteiger partial charge < -0.3 is 16.0 Å². The largest absolute Gasteiger partial charge is 0.366 e. The van der Waals surface area contributed by atoms with E-state index < -0.39 is 5.91 Å². The number of nitrogens with two attached hydrogens (primary N) is 1. The van der Waals surface area contributed by atoms with E-state index in [1.807, 2.05) is 30.3 Å². The molecular weight excluding hydrogens is 330 g/mol. The molecule has 0 saturated carbocycles. The zero-order valence-corrected chi connectivity index (χ0v) is 14.3. The summed E-state index contributed by atoms with van der Waals surface area (Å²) in [6.07, 6.45) is 3.70. The molecule has 0 fully saturated rings. The first kappa shape index (κ1) is 17.4. The Kier molecular flexibility index (Phi) is 4.84. The summed E-state index contributed by atoms with van der Waals surface area (Å²) in [6, 6.07) is 13.7. The number of carbonyl (C=O) groups excluding carboxylic acids is 3. The summed E-state index contributed by atoms with van der Waals surface area (Å²) in [5, 5.41) is 2.79. The maximum absolute atomic E-state index is 12.5. The standard InChI is InChI=1S/C20H19N3O3/c1-13(24)23-11-10-14-4-2-3-5-17(14)18(23)12-19(25)22-16-8-6-15(7-9-16)20(21)26/h2-11,18H,12H2,1H3,(H2,21,26)(H,22,25)/t18-/m1/s1. The van der Waals surface area contributed by atoms with Crippen LogP contribution in [0, 0.1) is 0 Å². The molecule has 1 aliphatic heterocycles. The van der Waals surface area contributed by atoms with Gasteiger partial charge >= 0.3 is 0 Å². The van der Waals surface area contributed by atoms with Crippen LogP contribution in [0.2, 0.25) is 0 Å². The van der Waals surface area contributed by atoms with Crippen LogP contribution in [-0.2, 0) is 9.59 Å². The Bertz CT molecular complexity index is 887. The van der Waals surface area contributed by atoms with Crippen molar-refractivity contribution in [3.8, 4) is 0 Å². The maximum atomic E-state index is 12.5. The maximum Gasteiger partial charge on any atom is 0.248 e. The first-order chi connectivity index (χ1) is 12.5.